The number of fused-ring (bicyclic) bond motifs is 3. The second kappa shape index (κ2) is 7.55. The topological polar surface area (TPSA) is 50.7 Å². The van der Waals surface area contributed by atoms with E-state index in [0.717, 1.165) is 42.9 Å². The lowest BCUT2D eigenvalue weighted by atomic mass is 9.76. The maximum absolute atomic E-state index is 10.7. The first-order valence-electron chi connectivity index (χ1n) is 9.78. The highest BCUT2D eigenvalue weighted by molar-refractivity contribution is 5.63. The van der Waals surface area contributed by atoms with Crippen LogP contribution in [0.25, 0.3) is 0 Å². The Labute approximate surface area is 160 Å². The maximum Gasteiger partial charge on any atom is 0.163 e. The molecule has 142 valence electrons. The predicted octanol–water partition coefficient (Wildman–Crippen LogP) is 5.41. The highest BCUT2D eigenvalue weighted by Gasteiger charge is 2.39. The second-order valence-corrected chi connectivity index (χ2v) is 7.32. The molecule has 0 saturated heterocycles. The molecule has 1 heterocycles. The minimum Gasteiger partial charge on any atom is -0.504 e. The monoisotopic (exact) mass is 365 g/mol. The summed E-state index contributed by atoms with van der Waals surface area (Å²) >= 11 is 0. The summed E-state index contributed by atoms with van der Waals surface area (Å²) in [5.41, 5.74) is 3.28. The SMILES string of the molecule is CCCCOc1ccc2c(c1)C1C=CCC1C(c1cccc(OC)c1O)N2. The van der Waals surface area contributed by atoms with Gasteiger partial charge in [0.2, 0.25) is 0 Å². The zero-order valence-corrected chi connectivity index (χ0v) is 15.9. The number of ether oxygens (including phenoxy) is 2. The number of phenolic OH excluding ortho intramolecular Hbond substituents is 1. The Hall–Kier alpha value is -2.62. The highest BCUT2D eigenvalue weighted by atomic mass is 16.5. The molecule has 0 radical (unpaired) electrons. The molecule has 2 aromatic rings. The summed E-state index contributed by atoms with van der Waals surface area (Å²) < 4.78 is 11.2. The Kier molecular flexibility index (Phi) is 4.97. The van der Waals surface area contributed by atoms with Gasteiger partial charge in [-0.05, 0) is 48.6 Å². The number of unbranched alkanes of at least 4 members (excludes halogenated alkanes) is 1. The van der Waals surface area contributed by atoms with E-state index in [1.165, 1.54) is 5.56 Å². The van der Waals surface area contributed by atoms with Gasteiger partial charge in [-0.15, -0.1) is 0 Å². The van der Waals surface area contributed by atoms with Crippen molar-refractivity contribution in [2.75, 3.05) is 19.0 Å². The van der Waals surface area contributed by atoms with Crippen molar-refractivity contribution in [3.63, 3.8) is 0 Å². The number of methoxy groups -OCH3 is 1. The molecule has 4 nitrogen and oxygen atoms in total. The van der Waals surface area contributed by atoms with Gasteiger partial charge in [-0.3, -0.25) is 0 Å². The van der Waals surface area contributed by atoms with E-state index in [1.807, 2.05) is 18.2 Å². The summed E-state index contributed by atoms with van der Waals surface area (Å²) in [5, 5.41) is 14.3. The number of aromatic hydroxyl groups is 1. The van der Waals surface area contributed by atoms with Crippen molar-refractivity contribution in [3.8, 4) is 17.2 Å². The van der Waals surface area contributed by atoms with Gasteiger partial charge in [0.25, 0.3) is 0 Å². The lowest BCUT2D eigenvalue weighted by Gasteiger charge is -2.38. The van der Waals surface area contributed by atoms with E-state index >= 15 is 0 Å². The van der Waals surface area contributed by atoms with Gasteiger partial charge in [0.15, 0.2) is 11.5 Å². The third-order valence-corrected chi connectivity index (χ3v) is 5.69. The fraction of sp³-hybridized carbons (Fsp3) is 0.391. The van der Waals surface area contributed by atoms with Gasteiger partial charge in [0.05, 0.1) is 19.8 Å². The Bertz CT molecular complexity index is 846. The normalized spacial score (nSPS) is 22.7. The van der Waals surface area contributed by atoms with Crippen LogP contribution in [0.15, 0.2) is 48.6 Å². The molecule has 0 spiro atoms. The maximum atomic E-state index is 10.7. The standard InChI is InChI=1S/C23H27NO3/c1-3-4-13-27-15-11-12-20-19(14-15)16-7-5-8-17(16)22(24-20)18-9-6-10-21(26-2)23(18)25/h5-7,9-12,14,16-17,22,24-25H,3-4,8,13H2,1-2H3. The molecule has 4 heteroatoms. The summed E-state index contributed by atoms with van der Waals surface area (Å²) in [6, 6.07) is 12.1. The molecule has 0 saturated carbocycles. The van der Waals surface area contributed by atoms with Gasteiger partial charge in [-0.25, -0.2) is 0 Å². The van der Waals surface area contributed by atoms with Crippen molar-refractivity contribution in [2.45, 2.75) is 38.1 Å². The average molecular weight is 365 g/mol. The summed E-state index contributed by atoms with van der Waals surface area (Å²) in [6.45, 7) is 2.93. The van der Waals surface area contributed by atoms with Crippen LogP contribution in [0.5, 0.6) is 17.2 Å². The van der Waals surface area contributed by atoms with Crippen LogP contribution in [-0.2, 0) is 0 Å². The molecule has 3 unspecified atom stereocenters. The number of rotatable bonds is 6. The van der Waals surface area contributed by atoms with Crippen LogP contribution in [0.4, 0.5) is 5.69 Å². The molecule has 0 bridgehead atoms. The van der Waals surface area contributed by atoms with Crippen LogP contribution < -0.4 is 14.8 Å². The van der Waals surface area contributed by atoms with Gasteiger partial charge < -0.3 is 19.9 Å². The first-order valence-corrected chi connectivity index (χ1v) is 9.78. The summed E-state index contributed by atoms with van der Waals surface area (Å²) in [6.07, 6.45) is 7.73. The first-order chi connectivity index (χ1) is 13.2. The molecule has 0 amide bonds. The lowest BCUT2D eigenvalue weighted by molar-refractivity contribution is 0.308. The van der Waals surface area contributed by atoms with Crippen LogP contribution >= 0.6 is 0 Å². The van der Waals surface area contributed by atoms with Crippen molar-refractivity contribution in [2.24, 2.45) is 5.92 Å². The van der Waals surface area contributed by atoms with Crippen molar-refractivity contribution in [1.29, 1.82) is 0 Å². The summed E-state index contributed by atoms with van der Waals surface area (Å²) in [4.78, 5) is 0. The van der Waals surface area contributed by atoms with Gasteiger partial charge in [0, 0.05) is 17.2 Å². The molecule has 27 heavy (non-hydrogen) atoms. The van der Waals surface area contributed by atoms with E-state index in [0.29, 0.717) is 17.6 Å². The van der Waals surface area contributed by atoms with E-state index < -0.39 is 0 Å². The van der Waals surface area contributed by atoms with Crippen LogP contribution in [0, 0.1) is 5.92 Å². The molecule has 2 N–H and O–H groups in total. The van der Waals surface area contributed by atoms with Crippen molar-refractivity contribution >= 4 is 5.69 Å². The van der Waals surface area contributed by atoms with Crippen LogP contribution in [0.3, 0.4) is 0 Å². The Morgan fingerprint density at radius 2 is 2.07 bits per heavy atom. The lowest BCUT2D eigenvalue weighted by Crippen LogP contribution is -2.29. The number of benzene rings is 2. The van der Waals surface area contributed by atoms with Gasteiger partial charge in [0.1, 0.15) is 5.75 Å². The number of nitrogens with one attached hydrogen (secondary N) is 1. The fourth-order valence-corrected chi connectivity index (χ4v) is 4.26. The van der Waals surface area contributed by atoms with Gasteiger partial charge in [-0.1, -0.05) is 37.6 Å². The molecule has 1 aliphatic heterocycles. The van der Waals surface area contributed by atoms with E-state index in [9.17, 15) is 5.11 Å². The van der Waals surface area contributed by atoms with E-state index in [-0.39, 0.29) is 11.8 Å². The average Bonchev–Trinajstić information content (AvgIpc) is 3.18. The number of allylic oxidation sites excluding steroid dienone is 2. The third kappa shape index (κ3) is 3.25. The van der Waals surface area contributed by atoms with Crippen LogP contribution in [0.1, 0.15) is 49.3 Å². The molecule has 0 fully saturated rings. The van der Waals surface area contributed by atoms with Crippen molar-refractivity contribution in [1.82, 2.24) is 0 Å². The smallest absolute Gasteiger partial charge is 0.163 e. The number of para-hydroxylation sites is 1. The van der Waals surface area contributed by atoms with Gasteiger partial charge >= 0.3 is 0 Å². The number of hydrogen-bond donors (Lipinski definition) is 2. The second-order valence-electron chi connectivity index (χ2n) is 7.32. The molecule has 2 aliphatic rings. The first kappa shape index (κ1) is 17.8. The minimum atomic E-state index is 0.0412. The Morgan fingerprint density at radius 1 is 1.19 bits per heavy atom. The molecule has 4 rings (SSSR count). The summed E-state index contributed by atoms with van der Waals surface area (Å²) in [5.74, 6) is 2.37. The number of hydrogen-bond acceptors (Lipinski definition) is 4. The largest absolute Gasteiger partial charge is 0.504 e. The molecule has 2 aromatic carbocycles. The predicted molar refractivity (Wildman–Crippen MR) is 108 cm³/mol. The molecule has 1 aliphatic carbocycles. The number of anilines is 1. The third-order valence-electron chi connectivity index (χ3n) is 5.69. The van der Waals surface area contributed by atoms with E-state index in [2.05, 4.69) is 36.5 Å². The zero-order chi connectivity index (χ0) is 18.8. The minimum absolute atomic E-state index is 0.0412. The van der Waals surface area contributed by atoms with Gasteiger partial charge in [-0.2, -0.15) is 0 Å². The van der Waals surface area contributed by atoms with Crippen LogP contribution in [-0.4, -0.2) is 18.8 Å². The molecular formula is C23H27NO3. The molecule has 0 aromatic heterocycles. The molecule has 3 atom stereocenters. The summed E-state index contributed by atoms with van der Waals surface area (Å²) in [7, 11) is 1.59. The number of phenols is 1. The van der Waals surface area contributed by atoms with Crippen molar-refractivity contribution in [3.05, 3.63) is 59.7 Å². The van der Waals surface area contributed by atoms with E-state index in [1.54, 1.807) is 13.2 Å². The Morgan fingerprint density at radius 3 is 2.89 bits per heavy atom. The molecular weight excluding hydrogens is 338 g/mol. The Balaban J connectivity index is 1.67. The van der Waals surface area contributed by atoms with Crippen LogP contribution in [0.2, 0.25) is 0 Å². The zero-order valence-electron chi connectivity index (χ0n) is 15.9. The highest BCUT2D eigenvalue weighted by Crippen LogP contribution is 2.52. The quantitative estimate of drug-likeness (QED) is 0.531. The van der Waals surface area contributed by atoms with E-state index in [4.69, 9.17) is 9.47 Å². The van der Waals surface area contributed by atoms with Crippen molar-refractivity contribution < 1.29 is 14.6 Å². The fourth-order valence-electron chi connectivity index (χ4n) is 4.26.